The fourth-order valence-corrected chi connectivity index (χ4v) is 13.7. The van der Waals surface area contributed by atoms with Gasteiger partial charge in [-0.3, -0.25) is 38.3 Å². The molecule has 0 spiro atoms. The summed E-state index contributed by atoms with van der Waals surface area (Å²) in [5.74, 6) is -1.08. The molecular weight excluding hydrogens is 1390 g/mol. The predicted molar refractivity (Wildman–Crippen MR) is 382 cm³/mol. The number of ether oxygens (including phenoxy) is 10. The molecule has 24 nitrogen and oxygen atoms in total. The van der Waals surface area contributed by atoms with E-state index in [1.807, 2.05) is 0 Å². The van der Waals surface area contributed by atoms with Gasteiger partial charge in [0.1, 0.15) is 72.2 Å². The summed E-state index contributed by atoms with van der Waals surface area (Å²) in [4.78, 5) is 67.3. The maximum atomic E-state index is 15.6. The lowest BCUT2D eigenvalue weighted by Crippen LogP contribution is -2.40. The fraction of sp³-hybridized carbons (Fsp3) is 0.289. The molecule has 29 heteroatoms. The molecule has 6 aromatic carbocycles. The number of halogens is 4. The highest BCUT2D eigenvalue weighted by Gasteiger charge is 2.30. The van der Waals surface area contributed by atoms with Crippen LogP contribution in [0.3, 0.4) is 0 Å². The van der Waals surface area contributed by atoms with Gasteiger partial charge in [-0.05, 0) is 150 Å². The maximum absolute atomic E-state index is 15.6. The number of nitrogens with one attached hydrogen (secondary N) is 2. The smallest absolute Gasteiger partial charge is 0.271 e. The van der Waals surface area contributed by atoms with Crippen LogP contribution in [0, 0.1) is 23.3 Å². The lowest BCUT2D eigenvalue weighted by molar-refractivity contribution is 0.101. The number of aromatic nitrogens is 4. The van der Waals surface area contributed by atoms with E-state index in [-0.39, 0.29) is 94.9 Å². The SMILES string of the molecule is CCOc1ccn(-c2ccc(F)cc2)c(=O)c1C(=O)Nc1ccc(Oc2ccnc3cc(OCCCN4CCCC4)c4c(c23)OCCO4)c(F)c1.CCOc1ccn(-c2ccc(F)cc2)c(=O)c1C(=O)Nc1ccc(Oc2ccnc3cc(OCCCN4CCS(=O)(=O)CC4)c4c(c23)OCCO4)c(F)c1. The minimum atomic E-state index is -2.95. The number of anilines is 2. The lowest BCUT2D eigenvalue weighted by Gasteiger charge is -2.26. The molecule has 2 N–H and O–H groups in total. The van der Waals surface area contributed by atoms with Crippen molar-refractivity contribution in [3.63, 3.8) is 0 Å². The van der Waals surface area contributed by atoms with Crippen LogP contribution in [0.4, 0.5) is 28.9 Å². The third-order valence-corrected chi connectivity index (χ3v) is 19.1. The lowest BCUT2D eigenvalue weighted by atomic mass is 10.1. The highest BCUT2D eigenvalue weighted by molar-refractivity contribution is 7.91. The van der Waals surface area contributed by atoms with E-state index >= 15 is 8.78 Å². The monoisotopic (exact) mass is 1460 g/mol. The van der Waals surface area contributed by atoms with Gasteiger partial charge in [-0.1, -0.05) is 0 Å². The van der Waals surface area contributed by atoms with Crippen LogP contribution in [-0.4, -0.2) is 153 Å². The van der Waals surface area contributed by atoms with E-state index in [2.05, 4.69) is 30.4 Å². The van der Waals surface area contributed by atoms with Crippen molar-refractivity contribution in [1.82, 2.24) is 28.9 Å². The molecule has 105 heavy (non-hydrogen) atoms. The van der Waals surface area contributed by atoms with Crippen LogP contribution in [0.1, 0.15) is 60.2 Å². The van der Waals surface area contributed by atoms with Crippen molar-refractivity contribution in [2.75, 3.05) is 114 Å². The summed E-state index contributed by atoms with van der Waals surface area (Å²) in [6, 6.07) is 27.7. The number of amides is 2. The first-order valence-electron chi connectivity index (χ1n) is 34.2. The number of fused-ring (bicyclic) bond motifs is 6. The maximum Gasteiger partial charge on any atom is 0.271 e. The number of carbonyl (C=O) groups excluding carboxylic acids is 2. The number of rotatable bonds is 24. The van der Waals surface area contributed by atoms with E-state index in [4.69, 9.17) is 47.4 Å². The standard InChI is InChI=1S/C38H36F2N4O9S.C38H36F2N4O7/c1-2-49-30-11-14-44(26-7-4-24(39)5-8-26)38(46)34(30)37(45)42-25-6-9-29(27(40)22-25)53-31-10-12-41-28-23-32(35-36(33(28)31)52-19-18-51-35)50-17-3-13-43-15-20-54(47,48)21-16-43;1-2-47-30-13-18-44(26-9-6-24(39)7-10-26)38(46)34(30)37(45)42-25-8-11-29(27(40)22-25)51-31-12-14-41-28-23-32(35-36(33(28)31)50-21-20-49-35)48-19-5-17-43-15-3-4-16-43/h4-12,14,22-23H,2-3,13,15-21H2,1H3,(H,42,45);6-14,18,22-23H,2-5,15-17,19-21H2,1H3,(H,42,45). The van der Waals surface area contributed by atoms with Gasteiger partial charge in [-0.25, -0.2) is 26.0 Å². The Hall–Kier alpha value is -11.4. The molecule has 0 radical (unpaired) electrons. The first kappa shape index (κ1) is 71.9. The Balaban J connectivity index is 0.000000187. The molecule has 546 valence electrons. The van der Waals surface area contributed by atoms with Crippen LogP contribution in [0.5, 0.6) is 69.0 Å². The van der Waals surface area contributed by atoms with Crippen LogP contribution in [0.25, 0.3) is 33.2 Å². The zero-order valence-corrected chi connectivity index (χ0v) is 58.0. The number of sulfone groups is 1. The number of pyridine rings is 4. The largest absolute Gasteiger partial charge is 0.493 e. The molecule has 14 rings (SSSR count). The Labute approximate surface area is 599 Å². The third-order valence-electron chi connectivity index (χ3n) is 17.5. The molecule has 0 atom stereocenters. The van der Waals surface area contributed by atoms with Crippen molar-refractivity contribution in [2.24, 2.45) is 0 Å². The molecule has 10 aromatic rings. The Bertz CT molecular complexity index is 5110. The van der Waals surface area contributed by atoms with Gasteiger partial charge in [0, 0.05) is 98.0 Å². The van der Waals surface area contributed by atoms with Gasteiger partial charge in [-0.15, -0.1) is 0 Å². The Morgan fingerprint density at radius 1 is 0.476 bits per heavy atom. The van der Waals surface area contributed by atoms with E-state index in [9.17, 15) is 36.4 Å². The molecule has 0 unspecified atom stereocenters. The summed E-state index contributed by atoms with van der Waals surface area (Å²) in [6.07, 6.45) is 9.91. The van der Waals surface area contributed by atoms with Gasteiger partial charge < -0.3 is 67.8 Å². The van der Waals surface area contributed by atoms with Crippen molar-refractivity contribution in [2.45, 2.75) is 39.5 Å². The third kappa shape index (κ3) is 16.6. The summed E-state index contributed by atoms with van der Waals surface area (Å²) in [7, 11) is -2.95. The molecule has 4 aliphatic rings. The molecule has 0 bridgehead atoms. The van der Waals surface area contributed by atoms with Crippen molar-refractivity contribution >= 4 is 54.8 Å². The van der Waals surface area contributed by atoms with Gasteiger partial charge in [-0.2, -0.15) is 0 Å². The van der Waals surface area contributed by atoms with Gasteiger partial charge in [0.25, 0.3) is 22.9 Å². The summed E-state index contributed by atoms with van der Waals surface area (Å²) >= 11 is 0. The zero-order valence-electron chi connectivity index (χ0n) is 57.1. The number of carbonyl (C=O) groups is 2. The Morgan fingerprint density at radius 2 is 0.886 bits per heavy atom. The second-order valence-corrected chi connectivity index (χ2v) is 26.8. The molecule has 8 heterocycles. The fourth-order valence-electron chi connectivity index (χ4n) is 12.4. The predicted octanol–water partition coefficient (Wildman–Crippen LogP) is 12.1. The molecule has 4 aliphatic heterocycles. The van der Waals surface area contributed by atoms with Crippen LogP contribution in [0.2, 0.25) is 0 Å². The molecule has 4 aromatic heterocycles. The van der Waals surface area contributed by atoms with Gasteiger partial charge >= 0.3 is 0 Å². The average molecular weight is 1460 g/mol. The first-order valence-corrected chi connectivity index (χ1v) is 36.0. The van der Waals surface area contributed by atoms with E-state index < -0.39 is 56.0 Å². The second kappa shape index (κ2) is 32.5. The van der Waals surface area contributed by atoms with Crippen LogP contribution in [-0.2, 0) is 9.84 Å². The Morgan fingerprint density at radius 3 is 1.30 bits per heavy atom. The minimum Gasteiger partial charge on any atom is -0.493 e. The van der Waals surface area contributed by atoms with Crippen LogP contribution < -0.4 is 69.1 Å². The molecule has 0 saturated carbocycles. The summed E-state index contributed by atoms with van der Waals surface area (Å²) < 4.78 is 143. The number of nitrogens with zero attached hydrogens (tertiary/aromatic N) is 6. The summed E-state index contributed by atoms with van der Waals surface area (Å²) in [5, 5.41) is 6.08. The number of benzene rings is 6. The number of likely N-dealkylation sites (tertiary alicyclic amines) is 1. The molecule has 0 aliphatic carbocycles. The van der Waals surface area contributed by atoms with Gasteiger partial charge in [0.15, 0.2) is 56.0 Å². The van der Waals surface area contributed by atoms with Crippen LogP contribution in [0.15, 0.2) is 156 Å². The Kier molecular flexibility index (Phi) is 22.3. The molecule has 2 amide bonds. The first-order chi connectivity index (χ1) is 51.0. The van der Waals surface area contributed by atoms with Crippen molar-refractivity contribution in [1.29, 1.82) is 0 Å². The minimum absolute atomic E-state index is 0.0309. The van der Waals surface area contributed by atoms with Crippen molar-refractivity contribution in [3.05, 3.63) is 201 Å². The van der Waals surface area contributed by atoms with E-state index in [0.29, 0.717) is 120 Å². The van der Waals surface area contributed by atoms with E-state index in [1.54, 1.807) is 44.3 Å². The highest BCUT2D eigenvalue weighted by Crippen LogP contribution is 2.50. The zero-order chi connectivity index (χ0) is 73.1. The van der Waals surface area contributed by atoms with Crippen molar-refractivity contribution < 1.29 is 82.9 Å². The normalized spacial score (nSPS) is 14.6. The topological polar surface area (TPSA) is 261 Å². The summed E-state index contributed by atoms with van der Waals surface area (Å²) in [6.45, 7) is 10.7. The quantitative estimate of drug-likeness (QED) is 0.0421. The average Bonchev–Trinajstić information content (AvgIpc) is 1.48. The highest BCUT2D eigenvalue weighted by atomic mass is 32.2. The second-order valence-electron chi connectivity index (χ2n) is 24.5. The van der Waals surface area contributed by atoms with Gasteiger partial charge in [0.2, 0.25) is 11.5 Å². The molecular formula is C76H72F4N8O16S. The van der Waals surface area contributed by atoms with Crippen LogP contribution >= 0.6 is 0 Å². The molecule has 2 fully saturated rings. The summed E-state index contributed by atoms with van der Waals surface area (Å²) in [5.41, 5.74) is -0.236. The number of hydrogen-bond acceptors (Lipinski definition) is 20. The molecule has 2 saturated heterocycles. The van der Waals surface area contributed by atoms with Gasteiger partial charge in [0.05, 0.1) is 59.7 Å². The number of hydrogen-bond donors (Lipinski definition) is 2. The van der Waals surface area contributed by atoms with E-state index in [1.165, 1.54) is 125 Å². The van der Waals surface area contributed by atoms with Crippen molar-refractivity contribution in [3.8, 4) is 80.4 Å². The van der Waals surface area contributed by atoms with E-state index in [0.717, 1.165) is 38.2 Å².